The Balaban J connectivity index is 1.72. The zero-order chi connectivity index (χ0) is 22.0. The number of hydrogen-bond acceptors (Lipinski definition) is 5. The second-order valence-electron chi connectivity index (χ2n) is 7.19. The molecule has 2 heterocycles. The quantitative estimate of drug-likeness (QED) is 0.462. The third-order valence-electron chi connectivity index (χ3n) is 4.56. The van der Waals surface area contributed by atoms with Crippen LogP contribution in [-0.4, -0.2) is 17.9 Å². The molecular weight excluding hydrogens is 417 g/mol. The molecule has 0 spiro atoms. The summed E-state index contributed by atoms with van der Waals surface area (Å²) in [6.07, 6.45) is 1.57. The van der Waals surface area contributed by atoms with Gasteiger partial charge in [0.15, 0.2) is 0 Å². The van der Waals surface area contributed by atoms with Gasteiger partial charge in [-0.25, -0.2) is 9.29 Å². The van der Waals surface area contributed by atoms with Crippen molar-refractivity contribution in [1.82, 2.24) is 0 Å². The molecule has 0 saturated carbocycles. The fourth-order valence-electron chi connectivity index (χ4n) is 3.26. The largest absolute Gasteiger partial charge is 0.491 e. The molecule has 0 radical (unpaired) electrons. The summed E-state index contributed by atoms with van der Waals surface area (Å²) in [6, 6.07) is 16.0. The van der Waals surface area contributed by atoms with Gasteiger partial charge in [-0.1, -0.05) is 18.2 Å². The van der Waals surface area contributed by atoms with Gasteiger partial charge in [-0.05, 0) is 61.9 Å². The van der Waals surface area contributed by atoms with Crippen molar-refractivity contribution >= 4 is 34.8 Å². The van der Waals surface area contributed by atoms with E-state index in [9.17, 15) is 14.0 Å². The summed E-state index contributed by atoms with van der Waals surface area (Å²) in [7, 11) is 0. The molecule has 3 aromatic rings. The van der Waals surface area contributed by atoms with Gasteiger partial charge in [0.05, 0.1) is 34.3 Å². The van der Waals surface area contributed by atoms with E-state index < -0.39 is 17.6 Å². The van der Waals surface area contributed by atoms with E-state index in [1.54, 1.807) is 42.7 Å². The lowest BCUT2D eigenvalue weighted by Gasteiger charge is -2.15. The van der Waals surface area contributed by atoms with Gasteiger partial charge in [0.25, 0.3) is 11.8 Å². The van der Waals surface area contributed by atoms with E-state index >= 15 is 0 Å². The number of rotatable bonds is 7. The summed E-state index contributed by atoms with van der Waals surface area (Å²) >= 11 is 1.22. The van der Waals surface area contributed by atoms with Gasteiger partial charge in [-0.15, -0.1) is 11.8 Å². The molecule has 0 atom stereocenters. The average Bonchev–Trinajstić information content (AvgIpc) is 3.33. The zero-order valence-electron chi connectivity index (χ0n) is 17.0. The summed E-state index contributed by atoms with van der Waals surface area (Å²) in [5, 5.41) is 0. The fraction of sp³-hybridized carbons (Fsp3) is 0.167. The lowest BCUT2D eigenvalue weighted by Crippen LogP contribution is -2.31. The number of furan rings is 1. The van der Waals surface area contributed by atoms with Crippen LogP contribution in [0.5, 0.6) is 5.75 Å². The number of thioether (sulfide) groups is 1. The molecule has 0 saturated heterocycles. The van der Waals surface area contributed by atoms with Gasteiger partial charge in [-0.2, -0.15) is 0 Å². The smallest absolute Gasteiger partial charge is 0.272 e. The second-order valence-corrected chi connectivity index (χ2v) is 8.17. The van der Waals surface area contributed by atoms with E-state index in [1.165, 1.54) is 36.0 Å². The van der Waals surface area contributed by atoms with Crippen LogP contribution in [0.1, 0.15) is 25.2 Å². The number of carbonyl (C=O) groups is 2. The monoisotopic (exact) mass is 437 g/mol. The first-order valence-electron chi connectivity index (χ1n) is 9.75. The number of benzene rings is 2. The van der Waals surface area contributed by atoms with E-state index in [1.807, 2.05) is 13.8 Å². The first-order valence-corrected chi connectivity index (χ1v) is 10.7. The van der Waals surface area contributed by atoms with Crippen LogP contribution in [0.4, 0.5) is 10.1 Å². The van der Waals surface area contributed by atoms with Gasteiger partial charge in [0, 0.05) is 0 Å². The highest BCUT2D eigenvalue weighted by Crippen LogP contribution is 2.40. The molecule has 0 fully saturated rings. The number of imide groups is 1. The van der Waals surface area contributed by atoms with Gasteiger partial charge in [0.1, 0.15) is 17.3 Å². The Bertz CT molecular complexity index is 1140. The lowest BCUT2D eigenvalue weighted by molar-refractivity contribution is -0.119. The molecule has 2 amide bonds. The summed E-state index contributed by atoms with van der Waals surface area (Å²) in [5.74, 6) is 0.243. The van der Waals surface area contributed by atoms with Gasteiger partial charge in [-0.3, -0.25) is 9.59 Å². The molecule has 0 N–H and O–H groups in total. The van der Waals surface area contributed by atoms with E-state index in [0.29, 0.717) is 27.7 Å². The minimum absolute atomic E-state index is 0.0163. The maximum Gasteiger partial charge on any atom is 0.272 e. The lowest BCUT2D eigenvalue weighted by atomic mass is 10.1. The van der Waals surface area contributed by atoms with Crippen molar-refractivity contribution in [3.8, 4) is 5.75 Å². The predicted molar refractivity (Wildman–Crippen MR) is 118 cm³/mol. The van der Waals surface area contributed by atoms with Crippen LogP contribution < -0.4 is 9.64 Å². The van der Waals surface area contributed by atoms with Crippen LogP contribution in [0.2, 0.25) is 0 Å². The standard InChI is InChI=1S/C24H20FNO4S/c1-15(2)30-19-10-8-16(9-11-19)21-22(31-14-20-7-4-12-29-20)24(28)26(23(21)27)18-6-3-5-17(25)13-18/h3-13,15H,14H2,1-2H3. The maximum atomic E-state index is 13.8. The maximum absolute atomic E-state index is 13.8. The zero-order valence-corrected chi connectivity index (χ0v) is 17.8. The van der Waals surface area contributed by atoms with Gasteiger partial charge >= 0.3 is 0 Å². The Kier molecular flexibility index (Phi) is 5.95. The fourth-order valence-corrected chi connectivity index (χ4v) is 4.27. The molecule has 0 aliphatic carbocycles. The average molecular weight is 437 g/mol. The molecule has 2 aromatic carbocycles. The predicted octanol–water partition coefficient (Wildman–Crippen LogP) is 5.42. The third-order valence-corrected chi connectivity index (χ3v) is 5.66. The van der Waals surface area contributed by atoms with Crippen molar-refractivity contribution < 1.29 is 23.1 Å². The van der Waals surface area contributed by atoms with Crippen LogP contribution in [0.25, 0.3) is 5.57 Å². The summed E-state index contributed by atoms with van der Waals surface area (Å²) in [6.45, 7) is 3.85. The van der Waals surface area contributed by atoms with E-state index in [-0.39, 0.29) is 17.4 Å². The second kappa shape index (κ2) is 8.81. The molecule has 1 aliphatic rings. The molecule has 158 valence electrons. The Labute approximate surface area is 183 Å². The molecular formula is C24H20FNO4S. The first kappa shape index (κ1) is 20.9. The highest BCUT2D eigenvalue weighted by molar-refractivity contribution is 8.03. The number of ether oxygens (including phenoxy) is 1. The van der Waals surface area contributed by atoms with Crippen molar-refractivity contribution in [1.29, 1.82) is 0 Å². The van der Waals surface area contributed by atoms with Crippen molar-refractivity contribution in [2.24, 2.45) is 0 Å². The molecule has 0 bridgehead atoms. The van der Waals surface area contributed by atoms with Crippen LogP contribution in [0.3, 0.4) is 0 Å². The molecule has 0 unspecified atom stereocenters. The van der Waals surface area contributed by atoms with Crippen LogP contribution in [0.15, 0.2) is 76.2 Å². The summed E-state index contributed by atoms with van der Waals surface area (Å²) in [5.41, 5.74) is 1.07. The number of nitrogens with zero attached hydrogens (tertiary/aromatic N) is 1. The molecule has 4 rings (SSSR count). The third kappa shape index (κ3) is 4.41. The normalized spacial score (nSPS) is 14.1. The van der Waals surface area contributed by atoms with Gasteiger partial charge < -0.3 is 9.15 Å². The Morgan fingerprint density at radius 2 is 1.81 bits per heavy atom. The van der Waals surface area contributed by atoms with E-state index in [0.717, 1.165) is 4.90 Å². The number of halogens is 1. The molecule has 5 nitrogen and oxygen atoms in total. The van der Waals surface area contributed by atoms with Crippen molar-refractivity contribution in [3.63, 3.8) is 0 Å². The summed E-state index contributed by atoms with van der Waals surface area (Å²) < 4.78 is 24.8. The molecule has 1 aromatic heterocycles. The highest BCUT2D eigenvalue weighted by Gasteiger charge is 2.40. The van der Waals surface area contributed by atoms with Crippen molar-refractivity contribution in [2.45, 2.75) is 25.7 Å². The Hall–Kier alpha value is -3.32. The Morgan fingerprint density at radius 1 is 1.03 bits per heavy atom. The highest BCUT2D eigenvalue weighted by atomic mass is 32.2. The SMILES string of the molecule is CC(C)Oc1ccc(C2=C(SCc3ccco3)C(=O)N(c3cccc(F)c3)C2=O)cc1. The minimum Gasteiger partial charge on any atom is -0.491 e. The topological polar surface area (TPSA) is 59.8 Å². The van der Waals surface area contributed by atoms with Crippen LogP contribution in [0, 0.1) is 5.82 Å². The van der Waals surface area contributed by atoms with Crippen LogP contribution in [-0.2, 0) is 15.3 Å². The van der Waals surface area contributed by atoms with E-state index in [4.69, 9.17) is 9.15 Å². The van der Waals surface area contributed by atoms with E-state index in [2.05, 4.69) is 0 Å². The number of carbonyl (C=O) groups excluding carboxylic acids is 2. The molecule has 7 heteroatoms. The van der Waals surface area contributed by atoms with Crippen LogP contribution >= 0.6 is 11.8 Å². The van der Waals surface area contributed by atoms with Crippen molar-refractivity contribution in [3.05, 3.63) is 89.0 Å². The Morgan fingerprint density at radius 3 is 2.45 bits per heavy atom. The number of anilines is 1. The van der Waals surface area contributed by atoms with Crippen molar-refractivity contribution in [2.75, 3.05) is 4.90 Å². The number of amides is 2. The molecule has 1 aliphatic heterocycles. The van der Waals surface area contributed by atoms with Gasteiger partial charge in [0.2, 0.25) is 0 Å². The number of hydrogen-bond donors (Lipinski definition) is 0. The summed E-state index contributed by atoms with van der Waals surface area (Å²) in [4.78, 5) is 27.9. The minimum atomic E-state index is -0.522. The first-order chi connectivity index (χ1) is 14.9. The molecule has 31 heavy (non-hydrogen) atoms.